The smallest absolute Gasteiger partial charge is 0.261 e. The van der Waals surface area contributed by atoms with Crippen LogP contribution in [-0.4, -0.2) is 14.3 Å². The fourth-order valence-corrected chi connectivity index (χ4v) is 2.55. The molecule has 5 nitrogen and oxygen atoms in total. The van der Waals surface area contributed by atoms with Crippen LogP contribution in [0.4, 0.5) is 0 Å². The Bertz CT molecular complexity index is 723. The Hall–Kier alpha value is -1.79. The van der Waals surface area contributed by atoms with Crippen molar-refractivity contribution in [3.63, 3.8) is 0 Å². The molecule has 0 aliphatic carbocycles. The Labute approximate surface area is 121 Å². The zero-order chi connectivity index (χ0) is 14.8. The van der Waals surface area contributed by atoms with Gasteiger partial charge < -0.3 is 9.73 Å². The van der Waals surface area contributed by atoms with Crippen LogP contribution in [0.5, 0.6) is 0 Å². The normalized spacial score (nSPS) is 11.3. The zero-order valence-electron chi connectivity index (χ0n) is 10.6. The van der Waals surface area contributed by atoms with E-state index in [-0.39, 0.29) is 17.3 Å². The maximum atomic E-state index is 12.0. The third-order valence-corrected chi connectivity index (χ3v) is 4.08. The van der Waals surface area contributed by atoms with Gasteiger partial charge in [0.15, 0.2) is 0 Å². The number of aryl methyl sites for hydroxylation is 1. The van der Waals surface area contributed by atoms with E-state index in [1.807, 2.05) is 0 Å². The first-order chi connectivity index (χ1) is 9.38. The fraction of sp³-hybridized carbons (Fsp3) is 0.154. The van der Waals surface area contributed by atoms with Gasteiger partial charge in [-0.2, -0.15) is 0 Å². The number of nitrogens with one attached hydrogen (secondary N) is 1. The fourth-order valence-electron chi connectivity index (χ4n) is 1.72. The average Bonchev–Trinajstić information content (AvgIpc) is 2.87. The third-order valence-electron chi connectivity index (χ3n) is 2.73. The molecule has 0 saturated carbocycles. The Morgan fingerprint density at radius 2 is 2.10 bits per heavy atom. The maximum Gasteiger partial charge on any atom is 0.261 e. The van der Waals surface area contributed by atoms with Crippen LogP contribution in [0.1, 0.15) is 21.7 Å². The molecule has 0 spiro atoms. The van der Waals surface area contributed by atoms with Crippen LogP contribution in [0.2, 0.25) is 0 Å². The zero-order valence-corrected chi connectivity index (χ0v) is 12.2. The average molecular weight is 314 g/mol. The van der Waals surface area contributed by atoms with Crippen LogP contribution in [0, 0.1) is 6.92 Å². The largest absolute Gasteiger partial charge is 0.467 e. The summed E-state index contributed by atoms with van der Waals surface area (Å²) in [5, 5.41) is 2.69. The summed E-state index contributed by atoms with van der Waals surface area (Å²) >= 11 is 0. The van der Waals surface area contributed by atoms with E-state index in [1.54, 1.807) is 19.1 Å². The number of carbonyl (C=O) groups is 1. The molecule has 0 bridgehead atoms. The van der Waals surface area contributed by atoms with E-state index in [0.717, 1.165) is 0 Å². The van der Waals surface area contributed by atoms with E-state index in [0.29, 0.717) is 16.9 Å². The number of hydrogen-bond acceptors (Lipinski definition) is 4. The summed E-state index contributed by atoms with van der Waals surface area (Å²) in [7, 11) is 1.46. The van der Waals surface area contributed by atoms with Gasteiger partial charge in [-0.05, 0) is 42.8 Å². The second-order valence-corrected chi connectivity index (χ2v) is 6.74. The number of benzene rings is 1. The molecule has 1 amide bonds. The standard InChI is InChI=1S/C13H12ClNO4S/c1-9-7-11(20(14,17)18)4-5-12(9)13(16)15-8-10-3-2-6-19-10/h2-7H,8H2,1H3,(H,15,16). The lowest BCUT2D eigenvalue weighted by Crippen LogP contribution is -2.23. The molecule has 1 aromatic heterocycles. The molecule has 0 fully saturated rings. The Balaban J connectivity index is 2.14. The molecule has 1 N–H and O–H groups in total. The van der Waals surface area contributed by atoms with Gasteiger partial charge in [-0.3, -0.25) is 4.79 Å². The molecule has 0 aliphatic rings. The quantitative estimate of drug-likeness (QED) is 0.880. The highest BCUT2D eigenvalue weighted by Crippen LogP contribution is 2.19. The molecule has 1 heterocycles. The minimum absolute atomic E-state index is 0.0285. The van der Waals surface area contributed by atoms with Gasteiger partial charge in [0.05, 0.1) is 17.7 Å². The molecule has 1 aromatic carbocycles. The van der Waals surface area contributed by atoms with Crippen molar-refractivity contribution >= 4 is 25.6 Å². The van der Waals surface area contributed by atoms with E-state index >= 15 is 0 Å². The highest BCUT2D eigenvalue weighted by Gasteiger charge is 2.14. The molecule has 0 radical (unpaired) electrons. The minimum atomic E-state index is -3.79. The predicted octanol–water partition coefficient (Wildman–Crippen LogP) is 2.45. The van der Waals surface area contributed by atoms with E-state index in [2.05, 4.69) is 5.32 Å². The Morgan fingerprint density at radius 1 is 1.35 bits per heavy atom. The van der Waals surface area contributed by atoms with Crippen LogP contribution >= 0.6 is 10.7 Å². The predicted molar refractivity (Wildman–Crippen MR) is 74.1 cm³/mol. The number of carbonyl (C=O) groups excluding carboxylic acids is 1. The molecule has 2 rings (SSSR count). The molecule has 20 heavy (non-hydrogen) atoms. The van der Waals surface area contributed by atoms with Gasteiger partial charge in [0, 0.05) is 16.2 Å². The Kier molecular flexibility index (Phi) is 4.15. The second-order valence-electron chi connectivity index (χ2n) is 4.18. The minimum Gasteiger partial charge on any atom is -0.467 e. The van der Waals surface area contributed by atoms with Gasteiger partial charge in [-0.25, -0.2) is 8.42 Å². The topological polar surface area (TPSA) is 76.4 Å². The van der Waals surface area contributed by atoms with Gasteiger partial charge in [-0.15, -0.1) is 0 Å². The van der Waals surface area contributed by atoms with Crippen molar-refractivity contribution in [1.82, 2.24) is 5.32 Å². The summed E-state index contributed by atoms with van der Waals surface area (Å²) in [6.07, 6.45) is 1.52. The first-order valence-electron chi connectivity index (χ1n) is 5.74. The lowest BCUT2D eigenvalue weighted by molar-refractivity contribution is 0.0947. The summed E-state index contributed by atoms with van der Waals surface area (Å²) in [6.45, 7) is 1.91. The lowest BCUT2D eigenvalue weighted by Gasteiger charge is -2.07. The van der Waals surface area contributed by atoms with Crippen LogP contribution < -0.4 is 5.32 Å². The van der Waals surface area contributed by atoms with Crippen molar-refractivity contribution < 1.29 is 17.6 Å². The summed E-state index contributed by atoms with van der Waals surface area (Å²) in [6, 6.07) is 7.58. The lowest BCUT2D eigenvalue weighted by atomic mass is 10.1. The van der Waals surface area contributed by atoms with Crippen molar-refractivity contribution in [3.8, 4) is 0 Å². The third kappa shape index (κ3) is 3.40. The maximum absolute atomic E-state index is 12.0. The highest BCUT2D eigenvalue weighted by molar-refractivity contribution is 8.13. The second kappa shape index (κ2) is 5.68. The van der Waals surface area contributed by atoms with Crippen molar-refractivity contribution in [3.05, 3.63) is 53.5 Å². The molecule has 0 unspecified atom stereocenters. The van der Waals surface area contributed by atoms with Gasteiger partial charge in [0.2, 0.25) is 0 Å². The SMILES string of the molecule is Cc1cc(S(=O)(=O)Cl)ccc1C(=O)NCc1ccco1. The first kappa shape index (κ1) is 14.6. The van der Waals surface area contributed by atoms with Gasteiger partial charge in [0.25, 0.3) is 15.0 Å². The van der Waals surface area contributed by atoms with Gasteiger partial charge >= 0.3 is 0 Å². The molecular formula is C13H12ClNO4S. The summed E-state index contributed by atoms with van der Waals surface area (Å²) in [5.41, 5.74) is 0.921. The Morgan fingerprint density at radius 3 is 2.65 bits per heavy atom. The summed E-state index contributed by atoms with van der Waals surface area (Å²) in [4.78, 5) is 12.0. The van der Waals surface area contributed by atoms with Crippen LogP contribution in [0.3, 0.4) is 0 Å². The first-order valence-corrected chi connectivity index (χ1v) is 8.05. The molecule has 0 aliphatic heterocycles. The van der Waals surface area contributed by atoms with Crippen LogP contribution in [0.15, 0.2) is 45.9 Å². The van der Waals surface area contributed by atoms with E-state index in [9.17, 15) is 13.2 Å². The monoisotopic (exact) mass is 313 g/mol. The number of amides is 1. The molecular weight excluding hydrogens is 302 g/mol. The van der Waals surface area contributed by atoms with Crippen LogP contribution in [0.25, 0.3) is 0 Å². The van der Waals surface area contributed by atoms with Gasteiger partial charge in [-0.1, -0.05) is 0 Å². The molecule has 2 aromatic rings. The van der Waals surface area contributed by atoms with Crippen LogP contribution in [-0.2, 0) is 15.6 Å². The van der Waals surface area contributed by atoms with E-state index < -0.39 is 9.05 Å². The number of rotatable bonds is 4. The van der Waals surface area contributed by atoms with E-state index in [1.165, 1.54) is 24.5 Å². The number of hydrogen-bond donors (Lipinski definition) is 1. The molecule has 0 saturated heterocycles. The molecule has 0 atom stereocenters. The van der Waals surface area contributed by atoms with Crippen molar-refractivity contribution in [2.75, 3.05) is 0 Å². The number of halogens is 1. The van der Waals surface area contributed by atoms with E-state index in [4.69, 9.17) is 15.1 Å². The molecule has 106 valence electrons. The summed E-state index contributed by atoms with van der Waals surface area (Å²) < 4.78 is 27.5. The van der Waals surface area contributed by atoms with Gasteiger partial charge in [0.1, 0.15) is 5.76 Å². The number of furan rings is 1. The highest BCUT2D eigenvalue weighted by atomic mass is 35.7. The van der Waals surface area contributed by atoms with Crippen molar-refractivity contribution in [2.45, 2.75) is 18.4 Å². The summed E-state index contributed by atoms with van der Waals surface area (Å²) in [5.74, 6) is 0.327. The van der Waals surface area contributed by atoms with Crippen molar-refractivity contribution in [1.29, 1.82) is 0 Å². The van der Waals surface area contributed by atoms with Crippen molar-refractivity contribution in [2.24, 2.45) is 0 Å². The molecule has 7 heteroatoms.